The van der Waals surface area contributed by atoms with Crippen LogP contribution in [0.5, 0.6) is 5.75 Å². The van der Waals surface area contributed by atoms with Gasteiger partial charge >= 0.3 is 0 Å². The fraction of sp³-hybridized carbons (Fsp3) is 0.500. The highest BCUT2D eigenvalue weighted by Crippen LogP contribution is 2.47. The van der Waals surface area contributed by atoms with Crippen molar-refractivity contribution >= 4 is 41.4 Å². The van der Waals surface area contributed by atoms with E-state index in [1.807, 2.05) is 25.1 Å². The molecule has 0 radical (unpaired) electrons. The molecule has 102 valence electrons. The molecular weight excluding hydrogens is 308 g/mol. The first-order valence-electron chi connectivity index (χ1n) is 5.78. The summed E-state index contributed by atoms with van der Waals surface area (Å²) in [5, 5.41) is 3.87. The number of hydrogen-bond acceptors (Lipinski definition) is 2. The SMILES string of the molecule is CCC(C)NP(=S)(CCl)Oc1ccc(C)cc1Cl. The number of alkyl halides is 1. The molecular formula is C12H18Cl2NOPS. The van der Waals surface area contributed by atoms with Gasteiger partial charge in [-0.15, -0.1) is 11.6 Å². The molecule has 0 spiro atoms. The normalized spacial score (nSPS) is 16.1. The van der Waals surface area contributed by atoms with Crippen molar-refractivity contribution in [3.05, 3.63) is 28.8 Å². The van der Waals surface area contributed by atoms with Crippen LogP contribution in [-0.4, -0.2) is 11.7 Å². The van der Waals surface area contributed by atoms with Gasteiger partial charge in [-0.2, -0.15) is 0 Å². The van der Waals surface area contributed by atoms with Crippen molar-refractivity contribution in [2.24, 2.45) is 0 Å². The van der Waals surface area contributed by atoms with Crippen LogP contribution < -0.4 is 9.61 Å². The van der Waals surface area contributed by atoms with Crippen LogP contribution in [0.3, 0.4) is 0 Å². The van der Waals surface area contributed by atoms with Gasteiger partial charge in [-0.25, -0.2) is 0 Å². The number of aryl methyl sites for hydroxylation is 1. The van der Waals surface area contributed by atoms with Crippen LogP contribution in [0, 0.1) is 6.92 Å². The van der Waals surface area contributed by atoms with Crippen molar-refractivity contribution in [1.29, 1.82) is 0 Å². The minimum Gasteiger partial charge on any atom is -0.451 e. The zero-order chi connectivity index (χ0) is 13.8. The number of halogens is 2. The van der Waals surface area contributed by atoms with Crippen LogP contribution in [0.4, 0.5) is 0 Å². The van der Waals surface area contributed by atoms with E-state index in [2.05, 4.69) is 18.9 Å². The monoisotopic (exact) mass is 325 g/mol. The second-order valence-electron chi connectivity index (χ2n) is 4.26. The van der Waals surface area contributed by atoms with Crippen molar-refractivity contribution in [3.8, 4) is 5.75 Å². The molecule has 0 aliphatic heterocycles. The van der Waals surface area contributed by atoms with Crippen LogP contribution in [0.1, 0.15) is 25.8 Å². The third-order valence-electron chi connectivity index (χ3n) is 2.52. The van der Waals surface area contributed by atoms with Crippen molar-refractivity contribution < 1.29 is 4.52 Å². The molecule has 1 rings (SSSR count). The lowest BCUT2D eigenvalue weighted by Crippen LogP contribution is -2.25. The van der Waals surface area contributed by atoms with E-state index in [1.165, 1.54) is 0 Å². The summed E-state index contributed by atoms with van der Waals surface area (Å²) in [4.78, 5) is 0. The van der Waals surface area contributed by atoms with E-state index < -0.39 is 6.42 Å². The van der Waals surface area contributed by atoms with E-state index in [0.29, 0.717) is 10.8 Å². The van der Waals surface area contributed by atoms with Crippen molar-refractivity contribution in [2.75, 3.05) is 5.62 Å². The lowest BCUT2D eigenvalue weighted by Gasteiger charge is -2.25. The van der Waals surface area contributed by atoms with Gasteiger partial charge in [0.25, 0.3) is 0 Å². The van der Waals surface area contributed by atoms with Gasteiger partial charge in [-0.1, -0.05) is 24.6 Å². The van der Waals surface area contributed by atoms with Gasteiger partial charge in [0.05, 0.1) is 10.6 Å². The van der Waals surface area contributed by atoms with E-state index in [1.54, 1.807) is 0 Å². The Kier molecular flexibility index (Phi) is 6.43. The fourth-order valence-electron chi connectivity index (χ4n) is 1.35. The van der Waals surface area contributed by atoms with E-state index >= 15 is 0 Å². The Morgan fingerprint density at radius 3 is 2.67 bits per heavy atom. The molecule has 0 fully saturated rings. The van der Waals surface area contributed by atoms with Gasteiger partial charge in [-0.05, 0) is 49.8 Å². The molecule has 2 atom stereocenters. The van der Waals surface area contributed by atoms with E-state index in [-0.39, 0.29) is 11.7 Å². The molecule has 2 unspecified atom stereocenters. The second kappa shape index (κ2) is 7.12. The number of hydrogen-bond donors (Lipinski definition) is 1. The Bertz CT molecular complexity index is 456. The topological polar surface area (TPSA) is 21.3 Å². The summed E-state index contributed by atoms with van der Waals surface area (Å²) in [5.74, 6) is 0.599. The van der Waals surface area contributed by atoms with E-state index in [0.717, 1.165) is 12.0 Å². The maximum absolute atomic E-state index is 6.14. The summed E-state index contributed by atoms with van der Waals surface area (Å²) in [6.07, 6.45) is -1.30. The predicted octanol–water partition coefficient (Wildman–Crippen LogP) is 4.92. The molecule has 6 heteroatoms. The van der Waals surface area contributed by atoms with Crippen LogP contribution in [0.25, 0.3) is 0 Å². The lowest BCUT2D eigenvalue weighted by atomic mass is 10.2. The standard InChI is InChI=1S/C12H18Cl2NOPS/c1-4-10(3)15-17(18,8-13)16-12-6-5-9(2)7-11(12)14/h5-7,10H,4,8H2,1-3H3,(H,15,18). The molecule has 0 bridgehead atoms. The molecule has 0 saturated carbocycles. The highest BCUT2D eigenvalue weighted by Gasteiger charge is 2.21. The fourth-order valence-corrected chi connectivity index (χ4v) is 4.31. The van der Waals surface area contributed by atoms with Gasteiger partial charge < -0.3 is 4.52 Å². The zero-order valence-electron chi connectivity index (χ0n) is 10.7. The largest absolute Gasteiger partial charge is 0.451 e. The third kappa shape index (κ3) is 4.71. The molecule has 1 aromatic rings. The first-order chi connectivity index (χ1) is 8.40. The second-order valence-corrected chi connectivity index (χ2v) is 9.18. The van der Waals surface area contributed by atoms with Crippen LogP contribution >= 0.6 is 29.6 Å². The predicted molar refractivity (Wildman–Crippen MR) is 84.7 cm³/mol. The lowest BCUT2D eigenvalue weighted by molar-refractivity contribution is 0.567. The molecule has 0 aliphatic rings. The summed E-state index contributed by atoms with van der Waals surface area (Å²) in [5.41, 5.74) is 1.36. The molecule has 1 N–H and O–H groups in total. The van der Waals surface area contributed by atoms with Gasteiger partial charge in [0.1, 0.15) is 5.75 Å². The molecule has 2 nitrogen and oxygen atoms in total. The molecule has 0 aromatic heterocycles. The number of rotatable bonds is 6. The summed E-state index contributed by atoms with van der Waals surface area (Å²) in [6.45, 7) is 6.13. The Morgan fingerprint density at radius 2 is 2.17 bits per heavy atom. The molecule has 0 amide bonds. The maximum atomic E-state index is 6.14. The Balaban J connectivity index is 2.88. The smallest absolute Gasteiger partial charge is 0.193 e. The van der Waals surface area contributed by atoms with Crippen LogP contribution in [0.2, 0.25) is 5.02 Å². The van der Waals surface area contributed by atoms with Crippen molar-refractivity contribution in [1.82, 2.24) is 5.09 Å². The van der Waals surface area contributed by atoms with Gasteiger partial charge in [0.15, 0.2) is 6.42 Å². The molecule has 1 aromatic carbocycles. The number of nitrogens with one attached hydrogen (secondary N) is 1. The summed E-state index contributed by atoms with van der Waals surface area (Å²) in [7, 11) is 0. The number of benzene rings is 1. The average molecular weight is 326 g/mol. The quantitative estimate of drug-likeness (QED) is 0.592. The Hall–Kier alpha value is 0.210. The Morgan fingerprint density at radius 1 is 1.50 bits per heavy atom. The average Bonchev–Trinajstić information content (AvgIpc) is 2.33. The summed E-state index contributed by atoms with van der Waals surface area (Å²) in [6, 6.07) is 5.91. The highest BCUT2D eigenvalue weighted by molar-refractivity contribution is 8.12. The van der Waals surface area contributed by atoms with E-state index in [4.69, 9.17) is 39.5 Å². The van der Waals surface area contributed by atoms with Gasteiger partial charge in [-0.3, -0.25) is 5.09 Å². The molecule has 0 heterocycles. The third-order valence-corrected chi connectivity index (χ3v) is 6.82. The van der Waals surface area contributed by atoms with Gasteiger partial charge in [0, 0.05) is 6.04 Å². The molecule has 18 heavy (non-hydrogen) atoms. The van der Waals surface area contributed by atoms with Gasteiger partial charge in [0.2, 0.25) is 0 Å². The summed E-state index contributed by atoms with van der Waals surface area (Å²) >= 11 is 17.6. The highest BCUT2D eigenvalue weighted by atomic mass is 35.5. The Labute approximate surface area is 124 Å². The van der Waals surface area contributed by atoms with Crippen molar-refractivity contribution in [3.63, 3.8) is 0 Å². The minimum atomic E-state index is -2.27. The van der Waals surface area contributed by atoms with Crippen LogP contribution in [-0.2, 0) is 11.8 Å². The van der Waals surface area contributed by atoms with Crippen molar-refractivity contribution in [2.45, 2.75) is 33.2 Å². The minimum absolute atomic E-state index is 0.275. The summed E-state index contributed by atoms with van der Waals surface area (Å²) < 4.78 is 5.86. The molecule has 0 aliphatic carbocycles. The maximum Gasteiger partial charge on any atom is 0.193 e. The molecule has 0 saturated heterocycles. The van der Waals surface area contributed by atoms with E-state index in [9.17, 15) is 0 Å². The zero-order valence-corrected chi connectivity index (χ0v) is 14.0. The first kappa shape index (κ1) is 16.3. The first-order valence-corrected chi connectivity index (χ1v) is 9.60. The van der Waals surface area contributed by atoms with Crippen LogP contribution in [0.15, 0.2) is 18.2 Å².